The normalized spacial score (nSPS) is 26.8. The average molecular weight is 222 g/mol. The smallest absolute Gasteiger partial charge is 0.0951 e. The van der Waals surface area contributed by atoms with Crippen LogP contribution < -0.4 is 5.73 Å². The van der Waals surface area contributed by atoms with E-state index in [0.717, 1.165) is 19.6 Å². The number of likely N-dealkylation sites (tertiary alicyclic amines) is 1. The van der Waals surface area contributed by atoms with Crippen molar-refractivity contribution in [2.75, 3.05) is 13.1 Å². The molecule has 4 nitrogen and oxygen atoms in total. The maximum absolute atomic E-state index is 6.03. The molecule has 90 valence electrons. The fraction of sp³-hybridized carbons (Fsp3) is 0.750. The van der Waals surface area contributed by atoms with Crippen LogP contribution in [0.15, 0.2) is 12.5 Å². The van der Waals surface area contributed by atoms with Crippen LogP contribution in [0, 0.1) is 5.92 Å². The van der Waals surface area contributed by atoms with Gasteiger partial charge in [-0.15, -0.1) is 0 Å². The fourth-order valence-corrected chi connectivity index (χ4v) is 2.37. The van der Waals surface area contributed by atoms with E-state index in [1.807, 2.05) is 12.5 Å². The highest BCUT2D eigenvalue weighted by Crippen LogP contribution is 2.18. The van der Waals surface area contributed by atoms with Crippen LogP contribution in [0.4, 0.5) is 0 Å². The molecule has 0 saturated carbocycles. The van der Waals surface area contributed by atoms with Crippen molar-refractivity contribution in [2.45, 2.75) is 39.4 Å². The molecule has 0 spiro atoms. The Balaban J connectivity index is 2.02. The largest absolute Gasteiger partial charge is 0.331 e. The molecule has 1 aromatic rings. The molecule has 0 aliphatic carbocycles. The molecular weight excluding hydrogens is 200 g/mol. The Morgan fingerprint density at radius 3 is 2.81 bits per heavy atom. The lowest BCUT2D eigenvalue weighted by atomic mass is 10.1. The van der Waals surface area contributed by atoms with Gasteiger partial charge in [0, 0.05) is 37.9 Å². The van der Waals surface area contributed by atoms with E-state index in [1.54, 1.807) is 0 Å². The molecule has 2 rings (SSSR count). The molecule has 1 saturated heterocycles. The lowest BCUT2D eigenvalue weighted by Gasteiger charge is -2.18. The van der Waals surface area contributed by atoms with E-state index in [2.05, 4.69) is 35.2 Å². The molecule has 1 aliphatic heterocycles. The van der Waals surface area contributed by atoms with Crippen molar-refractivity contribution >= 4 is 0 Å². The van der Waals surface area contributed by atoms with Crippen molar-refractivity contribution in [3.05, 3.63) is 18.2 Å². The minimum atomic E-state index is 0.329. The summed E-state index contributed by atoms with van der Waals surface area (Å²) >= 11 is 0. The summed E-state index contributed by atoms with van der Waals surface area (Å²) < 4.78 is 2.23. The first-order valence-electron chi connectivity index (χ1n) is 6.06. The third-order valence-corrected chi connectivity index (χ3v) is 3.43. The van der Waals surface area contributed by atoms with E-state index < -0.39 is 0 Å². The van der Waals surface area contributed by atoms with Gasteiger partial charge in [0.25, 0.3) is 0 Å². The summed E-state index contributed by atoms with van der Waals surface area (Å²) in [5, 5.41) is 0. The molecule has 0 amide bonds. The van der Waals surface area contributed by atoms with Gasteiger partial charge in [-0.25, -0.2) is 4.98 Å². The van der Waals surface area contributed by atoms with E-state index in [-0.39, 0.29) is 0 Å². The molecule has 2 unspecified atom stereocenters. The molecule has 1 fully saturated rings. The van der Waals surface area contributed by atoms with E-state index in [9.17, 15) is 0 Å². The van der Waals surface area contributed by atoms with Crippen molar-refractivity contribution < 1.29 is 0 Å². The highest BCUT2D eigenvalue weighted by atomic mass is 15.2. The zero-order valence-electron chi connectivity index (χ0n) is 10.4. The van der Waals surface area contributed by atoms with Crippen molar-refractivity contribution in [2.24, 2.45) is 11.7 Å². The van der Waals surface area contributed by atoms with Crippen LogP contribution in [0.5, 0.6) is 0 Å². The molecule has 16 heavy (non-hydrogen) atoms. The lowest BCUT2D eigenvalue weighted by molar-refractivity contribution is 0.307. The predicted molar refractivity (Wildman–Crippen MR) is 65.0 cm³/mol. The zero-order valence-corrected chi connectivity index (χ0v) is 10.4. The molecule has 1 aromatic heterocycles. The quantitative estimate of drug-likeness (QED) is 0.837. The predicted octanol–water partition coefficient (Wildman–Crippen LogP) is 1.24. The Morgan fingerprint density at radius 2 is 2.25 bits per heavy atom. The van der Waals surface area contributed by atoms with Crippen molar-refractivity contribution in [1.82, 2.24) is 14.5 Å². The van der Waals surface area contributed by atoms with Gasteiger partial charge < -0.3 is 10.3 Å². The summed E-state index contributed by atoms with van der Waals surface area (Å²) in [6.45, 7) is 9.67. The first kappa shape index (κ1) is 11.6. The lowest BCUT2D eigenvalue weighted by Crippen LogP contribution is -2.28. The Morgan fingerprint density at radius 1 is 1.50 bits per heavy atom. The summed E-state index contributed by atoms with van der Waals surface area (Å²) in [6, 6.07) is 0.807. The second kappa shape index (κ2) is 4.55. The summed E-state index contributed by atoms with van der Waals surface area (Å²) in [4.78, 5) is 6.65. The van der Waals surface area contributed by atoms with Crippen molar-refractivity contribution in [3.63, 3.8) is 0 Å². The SMILES string of the molecule is CC1CN(Cc2cncn2C(C)C)CC1N. The van der Waals surface area contributed by atoms with Crippen LogP contribution >= 0.6 is 0 Å². The maximum Gasteiger partial charge on any atom is 0.0951 e. The third-order valence-electron chi connectivity index (χ3n) is 3.43. The molecule has 2 atom stereocenters. The highest BCUT2D eigenvalue weighted by molar-refractivity contribution is 5.01. The van der Waals surface area contributed by atoms with E-state index in [0.29, 0.717) is 18.0 Å². The van der Waals surface area contributed by atoms with Crippen molar-refractivity contribution in [1.29, 1.82) is 0 Å². The van der Waals surface area contributed by atoms with E-state index in [1.165, 1.54) is 5.69 Å². The molecule has 2 heterocycles. The van der Waals surface area contributed by atoms with Crippen LogP contribution in [0.2, 0.25) is 0 Å². The molecule has 0 aromatic carbocycles. The summed E-state index contributed by atoms with van der Waals surface area (Å²) in [5.74, 6) is 0.607. The minimum Gasteiger partial charge on any atom is -0.331 e. The van der Waals surface area contributed by atoms with Gasteiger partial charge in [-0.1, -0.05) is 6.92 Å². The van der Waals surface area contributed by atoms with Crippen molar-refractivity contribution in [3.8, 4) is 0 Å². The van der Waals surface area contributed by atoms with Gasteiger partial charge in [0.1, 0.15) is 0 Å². The second-order valence-electron chi connectivity index (χ2n) is 5.22. The standard InChI is InChI=1S/C12H22N4/c1-9(2)16-8-14-4-11(16)6-15-5-10(3)12(13)7-15/h4,8-10,12H,5-7,13H2,1-3H3. The minimum absolute atomic E-state index is 0.329. The molecule has 1 aliphatic rings. The number of nitrogens with zero attached hydrogens (tertiary/aromatic N) is 3. The van der Waals surface area contributed by atoms with E-state index in [4.69, 9.17) is 5.73 Å². The van der Waals surface area contributed by atoms with Gasteiger partial charge in [-0.3, -0.25) is 4.90 Å². The van der Waals surface area contributed by atoms with Gasteiger partial charge in [-0.05, 0) is 19.8 Å². The number of hydrogen-bond acceptors (Lipinski definition) is 3. The molecular formula is C12H22N4. The van der Waals surface area contributed by atoms with Gasteiger partial charge >= 0.3 is 0 Å². The monoisotopic (exact) mass is 222 g/mol. The van der Waals surface area contributed by atoms with Gasteiger partial charge in [0.15, 0.2) is 0 Å². The van der Waals surface area contributed by atoms with Gasteiger partial charge in [0.05, 0.1) is 12.0 Å². The van der Waals surface area contributed by atoms with Crippen LogP contribution in [0.3, 0.4) is 0 Å². The Bertz CT molecular complexity index is 335. The Labute approximate surface area is 97.4 Å². The third kappa shape index (κ3) is 2.28. The second-order valence-corrected chi connectivity index (χ2v) is 5.22. The number of rotatable bonds is 3. The molecule has 0 bridgehead atoms. The first-order valence-corrected chi connectivity index (χ1v) is 6.06. The number of imidazole rings is 1. The average Bonchev–Trinajstić information content (AvgIpc) is 2.75. The highest BCUT2D eigenvalue weighted by Gasteiger charge is 2.26. The molecule has 4 heteroatoms. The molecule has 0 radical (unpaired) electrons. The number of nitrogens with two attached hydrogens (primary N) is 1. The first-order chi connectivity index (χ1) is 7.58. The van der Waals surface area contributed by atoms with Gasteiger partial charge in [-0.2, -0.15) is 0 Å². The van der Waals surface area contributed by atoms with Crippen LogP contribution in [0.1, 0.15) is 32.5 Å². The zero-order chi connectivity index (χ0) is 11.7. The maximum atomic E-state index is 6.03. The van der Waals surface area contributed by atoms with Gasteiger partial charge in [0.2, 0.25) is 0 Å². The number of aromatic nitrogens is 2. The van der Waals surface area contributed by atoms with Crippen LogP contribution in [-0.2, 0) is 6.54 Å². The van der Waals surface area contributed by atoms with E-state index >= 15 is 0 Å². The summed E-state index contributed by atoms with van der Waals surface area (Å²) in [5.41, 5.74) is 7.32. The molecule has 2 N–H and O–H groups in total. The summed E-state index contributed by atoms with van der Waals surface area (Å²) in [7, 11) is 0. The Hall–Kier alpha value is -0.870. The number of hydrogen-bond donors (Lipinski definition) is 1. The van der Waals surface area contributed by atoms with Crippen LogP contribution in [-0.4, -0.2) is 33.6 Å². The fourth-order valence-electron chi connectivity index (χ4n) is 2.37. The van der Waals surface area contributed by atoms with Crippen LogP contribution in [0.25, 0.3) is 0 Å². The topological polar surface area (TPSA) is 47.1 Å². The summed E-state index contributed by atoms with van der Waals surface area (Å²) in [6.07, 6.45) is 3.88. The Kier molecular flexibility index (Phi) is 3.30.